The standard InChI is InChI=1S/C16H23N3O2/c1-12-6-8-13(9-7-12)15(20)17-10-11-18-16(21)19-14-4-2-3-5-14/h6-9,14H,2-5,10-11H2,1H3,(H,17,20)(H2,18,19,21). The van der Waals surface area contributed by atoms with E-state index < -0.39 is 0 Å². The summed E-state index contributed by atoms with van der Waals surface area (Å²) in [6.07, 6.45) is 4.52. The molecule has 0 spiro atoms. The van der Waals surface area contributed by atoms with Gasteiger partial charge in [0.2, 0.25) is 0 Å². The molecule has 3 amide bonds. The number of benzene rings is 1. The molecule has 2 rings (SSSR count). The molecule has 5 heteroatoms. The summed E-state index contributed by atoms with van der Waals surface area (Å²) in [6.45, 7) is 2.83. The Bertz CT molecular complexity index is 479. The second-order valence-electron chi connectivity index (χ2n) is 5.50. The van der Waals surface area contributed by atoms with Crippen molar-refractivity contribution in [3.05, 3.63) is 35.4 Å². The number of aryl methyl sites for hydroxylation is 1. The zero-order valence-electron chi connectivity index (χ0n) is 12.4. The van der Waals surface area contributed by atoms with Crippen LogP contribution < -0.4 is 16.0 Å². The Morgan fingerprint density at radius 2 is 1.67 bits per heavy atom. The van der Waals surface area contributed by atoms with E-state index in [0.717, 1.165) is 18.4 Å². The summed E-state index contributed by atoms with van der Waals surface area (Å²) < 4.78 is 0. The molecule has 1 aliphatic carbocycles. The van der Waals surface area contributed by atoms with E-state index in [9.17, 15) is 9.59 Å². The van der Waals surface area contributed by atoms with E-state index in [1.807, 2.05) is 19.1 Å². The molecule has 21 heavy (non-hydrogen) atoms. The van der Waals surface area contributed by atoms with Gasteiger partial charge in [0.05, 0.1) is 0 Å². The van der Waals surface area contributed by atoms with E-state index in [0.29, 0.717) is 24.7 Å². The first kappa shape index (κ1) is 15.4. The van der Waals surface area contributed by atoms with Crippen LogP contribution in [0.25, 0.3) is 0 Å². The van der Waals surface area contributed by atoms with Crippen molar-refractivity contribution < 1.29 is 9.59 Å². The van der Waals surface area contributed by atoms with Gasteiger partial charge in [-0.15, -0.1) is 0 Å². The maximum atomic E-state index is 11.8. The number of urea groups is 1. The number of amides is 3. The van der Waals surface area contributed by atoms with Gasteiger partial charge in [0, 0.05) is 24.7 Å². The number of rotatable bonds is 5. The Morgan fingerprint density at radius 1 is 1.05 bits per heavy atom. The van der Waals surface area contributed by atoms with Crippen molar-refractivity contribution in [1.29, 1.82) is 0 Å². The SMILES string of the molecule is Cc1ccc(C(=O)NCCNC(=O)NC2CCCC2)cc1. The van der Waals surface area contributed by atoms with E-state index in [4.69, 9.17) is 0 Å². The molecule has 0 bridgehead atoms. The van der Waals surface area contributed by atoms with E-state index in [2.05, 4.69) is 16.0 Å². The van der Waals surface area contributed by atoms with Gasteiger partial charge in [0.25, 0.3) is 5.91 Å². The number of carbonyl (C=O) groups excluding carboxylic acids is 2. The average molecular weight is 289 g/mol. The summed E-state index contributed by atoms with van der Waals surface area (Å²) in [7, 11) is 0. The Balaban J connectivity index is 1.61. The van der Waals surface area contributed by atoms with Crippen molar-refractivity contribution >= 4 is 11.9 Å². The predicted molar refractivity (Wildman–Crippen MR) is 82.3 cm³/mol. The second kappa shape index (κ2) is 7.67. The number of carbonyl (C=O) groups is 2. The molecule has 0 atom stereocenters. The van der Waals surface area contributed by atoms with E-state index >= 15 is 0 Å². The summed E-state index contributed by atoms with van der Waals surface area (Å²) in [5.41, 5.74) is 1.76. The molecule has 114 valence electrons. The highest BCUT2D eigenvalue weighted by molar-refractivity contribution is 5.94. The minimum atomic E-state index is -0.147. The molecule has 0 heterocycles. The lowest BCUT2D eigenvalue weighted by Crippen LogP contribution is -2.43. The molecule has 1 aliphatic rings. The van der Waals surface area contributed by atoms with E-state index in [-0.39, 0.29) is 11.9 Å². The third-order valence-corrected chi connectivity index (χ3v) is 3.70. The van der Waals surface area contributed by atoms with Crippen LogP contribution in [0.4, 0.5) is 4.79 Å². The quantitative estimate of drug-likeness (QED) is 0.725. The molecule has 5 nitrogen and oxygen atoms in total. The van der Waals surface area contributed by atoms with Crippen LogP contribution >= 0.6 is 0 Å². The molecule has 0 aromatic heterocycles. The van der Waals surface area contributed by atoms with Crippen molar-refractivity contribution in [2.75, 3.05) is 13.1 Å². The minimum absolute atomic E-state index is 0.118. The smallest absolute Gasteiger partial charge is 0.315 e. The topological polar surface area (TPSA) is 70.2 Å². The Labute approximate surface area is 125 Å². The van der Waals surface area contributed by atoms with Gasteiger partial charge in [0.15, 0.2) is 0 Å². The molecule has 3 N–H and O–H groups in total. The van der Waals surface area contributed by atoms with Crippen LogP contribution in [0.15, 0.2) is 24.3 Å². The lowest BCUT2D eigenvalue weighted by Gasteiger charge is -2.13. The first-order chi connectivity index (χ1) is 10.1. The van der Waals surface area contributed by atoms with Gasteiger partial charge in [-0.3, -0.25) is 4.79 Å². The third-order valence-electron chi connectivity index (χ3n) is 3.70. The third kappa shape index (κ3) is 5.10. The van der Waals surface area contributed by atoms with Gasteiger partial charge >= 0.3 is 6.03 Å². The van der Waals surface area contributed by atoms with Crippen molar-refractivity contribution in [2.24, 2.45) is 0 Å². The van der Waals surface area contributed by atoms with Crippen LogP contribution in [-0.2, 0) is 0 Å². The lowest BCUT2D eigenvalue weighted by atomic mass is 10.1. The summed E-state index contributed by atoms with van der Waals surface area (Å²) in [5, 5.41) is 8.49. The molecule has 0 saturated heterocycles. The number of hydrogen-bond donors (Lipinski definition) is 3. The first-order valence-corrected chi connectivity index (χ1v) is 7.54. The molecule has 0 radical (unpaired) electrons. The molecule has 0 aliphatic heterocycles. The van der Waals surface area contributed by atoms with Crippen LogP contribution in [0.2, 0.25) is 0 Å². The fraction of sp³-hybridized carbons (Fsp3) is 0.500. The van der Waals surface area contributed by atoms with Crippen molar-refractivity contribution in [3.8, 4) is 0 Å². The van der Waals surface area contributed by atoms with Crippen molar-refractivity contribution in [3.63, 3.8) is 0 Å². The van der Waals surface area contributed by atoms with Crippen LogP contribution in [0.3, 0.4) is 0 Å². The highest BCUT2D eigenvalue weighted by Crippen LogP contribution is 2.17. The van der Waals surface area contributed by atoms with Gasteiger partial charge in [-0.2, -0.15) is 0 Å². The van der Waals surface area contributed by atoms with Crippen LogP contribution in [0, 0.1) is 6.92 Å². The molecule has 0 unspecified atom stereocenters. The summed E-state index contributed by atoms with van der Waals surface area (Å²) in [6, 6.07) is 7.57. The van der Waals surface area contributed by atoms with Crippen LogP contribution in [0.5, 0.6) is 0 Å². The largest absolute Gasteiger partial charge is 0.350 e. The van der Waals surface area contributed by atoms with Gasteiger partial charge in [-0.05, 0) is 31.9 Å². The summed E-state index contributed by atoms with van der Waals surface area (Å²) in [5.74, 6) is -0.118. The fourth-order valence-corrected chi connectivity index (χ4v) is 2.47. The van der Waals surface area contributed by atoms with Gasteiger partial charge < -0.3 is 16.0 Å². The Kier molecular flexibility index (Phi) is 5.60. The van der Waals surface area contributed by atoms with Crippen LogP contribution in [-0.4, -0.2) is 31.1 Å². The van der Waals surface area contributed by atoms with Gasteiger partial charge in [0.1, 0.15) is 0 Å². The minimum Gasteiger partial charge on any atom is -0.350 e. The fourth-order valence-electron chi connectivity index (χ4n) is 2.47. The van der Waals surface area contributed by atoms with Gasteiger partial charge in [-0.25, -0.2) is 4.79 Å². The first-order valence-electron chi connectivity index (χ1n) is 7.54. The van der Waals surface area contributed by atoms with Crippen LogP contribution in [0.1, 0.15) is 41.6 Å². The van der Waals surface area contributed by atoms with Gasteiger partial charge in [-0.1, -0.05) is 30.5 Å². The lowest BCUT2D eigenvalue weighted by molar-refractivity contribution is 0.0954. The van der Waals surface area contributed by atoms with Crippen molar-refractivity contribution in [2.45, 2.75) is 38.6 Å². The average Bonchev–Trinajstić information content (AvgIpc) is 2.97. The monoisotopic (exact) mass is 289 g/mol. The summed E-state index contributed by atoms with van der Waals surface area (Å²) in [4.78, 5) is 23.5. The number of nitrogens with one attached hydrogen (secondary N) is 3. The maximum absolute atomic E-state index is 11.8. The molecule has 1 saturated carbocycles. The Morgan fingerprint density at radius 3 is 2.33 bits per heavy atom. The highest BCUT2D eigenvalue weighted by atomic mass is 16.2. The van der Waals surface area contributed by atoms with E-state index in [1.54, 1.807) is 12.1 Å². The van der Waals surface area contributed by atoms with E-state index in [1.165, 1.54) is 12.8 Å². The van der Waals surface area contributed by atoms with Crippen molar-refractivity contribution in [1.82, 2.24) is 16.0 Å². The zero-order valence-corrected chi connectivity index (χ0v) is 12.4. The number of hydrogen-bond acceptors (Lipinski definition) is 2. The molecular weight excluding hydrogens is 266 g/mol. The zero-order chi connectivity index (χ0) is 15.1. The Hall–Kier alpha value is -2.04. The second-order valence-corrected chi connectivity index (χ2v) is 5.50. The molecule has 1 aromatic rings. The molecular formula is C16H23N3O2. The highest BCUT2D eigenvalue weighted by Gasteiger charge is 2.16. The molecule has 1 aromatic carbocycles. The normalized spacial score (nSPS) is 14.7. The summed E-state index contributed by atoms with van der Waals surface area (Å²) >= 11 is 0. The maximum Gasteiger partial charge on any atom is 0.315 e. The molecule has 1 fully saturated rings. The predicted octanol–water partition coefficient (Wildman–Crippen LogP) is 1.97.